The molecule has 1 N–H and O–H groups in total. The summed E-state index contributed by atoms with van der Waals surface area (Å²) in [5.74, 6) is 0.389. The number of nitrogens with one attached hydrogen (secondary N) is 1. The van der Waals surface area contributed by atoms with Crippen LogP contribution in [0, 0.1) is 10.1 Å². The summed E-state index contributed by atoms with van der Waals surface area (Å²) in [6.07, 6.45) is 1.65. The SMILES string of the molecule is CCCCn1c(=O)[nH]c(=O)c2c1nc(-c1cccc([N+](=O)[O-])c1)n2C. The fourth-order valence-electron chi connectivity index (χ4n) is 2.79. The highest BCUT2D eigenvalue weighted by Gasteiger charge is 2.18. The molecule has 9 nitrogen and oxygen atoms in total. The normalized spacial score (nSPS) is 11.1. The number of fused-ring (bicyclic) bond motifs is 1. The highest BCUT2D eigenvalue weighted by molar-refractivity contribution is 5.77. The van der Waals surface area contributed by atoms with Gasteiger partial charge in [-0.2, -0.15) is 0 Å². The Hall–Kier alpha value is -3.23. The molecule has 1 aromatic carbocycles. The van der Waals surface area contributed by atoms with Crippen LogP contribution in [0.3, 0.4) is 0 Å². The number of nitro groups is 1. The zero-order chi connectivity index (χ0) is 18.1. The molecule has 2 aromatic heterocycles. The Morgan fingerprint density at radius 3 is 2.76 bits per heavy atom. The Balaban J connectivity index is 2.28. The van der Waals surface area contributed by atoms with E-state index in [1.165, 1.54) is 16.7 Å². The topological polar surface area (TPSA) is 116 Å². The number of nitro benzene ring substituents is 1. The van der Waals surface area contributed by atoms with Gasteiger partial charge in [-0.1, -0.05) is 25.5 Å². The van der Waals surface area contributed by atoms with Gasteiger partial charge in [0.1, 0.15) is 5.82 Å². The zero-order valence-corrected chi connectivity index (χ0v) is 13.9. The quantitative estimate of drug-likeness (QED) is 0.560. The lowest BCUT2D eigenvalue weighted by Crippen LogP contribution is -2.31. The first-order valence-electron chi connectivity index (χ1n) is 7.88. The van der Waals surface area contributed by atoms with Gasteiger partial charge in [0, 0.05) is 31.3 Å². The lowest BCUT2D eigenvalue weighted by Gasteiger charge is -2.04. The molecule has 0 fully saturated rings. The van der Waals surface area contributed by atoms with Gasteiger partial charge in [-0.05, 0) is 6.42 Å². The Bertz CT molecular complexity index is 1080. The number of nitrogens with zero attached hydrogens (tertiary/aromatic N) is 4. The van der Waals surface area contributed by atoms with Crippen LogP contribution in [0.15, 0.2) is 33.9 Å². The Morgan fingerprint density at radius 1 is 1.32 bits per heavy atom. The number of H-pyrrole nitrogens is 1. The molecule has 0 bridgehead atoms. The standard InChI is InChI=1S/C16H17N5O4/c1-3-4-8-20-14-12(15(22)18-16(20)23)19(2)13(17-14)10-6-5-7-11(9-10)21(24)25/h5-7,9H,3-4,8H2,1-2H3,(H,18,22,23). The Kier molecular flexibility index (Phi) is 4.22. The third-order valence-electron chi connectivity index (χ3n) is 4.06. The smallest absolute Gasteiger partial charge is 0.321 e. The van der Waals surface area contributed by atoms with Crippen molar-refractivity contribution in [1.82, 2.24) is 19.1 Å². The van der Waals surface area contributed by atoms with Gasteiger partial charge in [0.2, 0.25) is 0 Å². The van der Waals surface area contributed by atoms with Gasteiger partial charge in [0.25, 0.3) is 11.2 Å². The van der Waals surface area contributed by atoms with Crippen LogP contribution in [-0.2, 0) is 13.6 Å². The van der Waals surface area contributed by atoms with E-state index in [0.29, 0.717) is 17.9 Å². The summed E-state index contributed by atoms with van der Waals surface area (Å²) in [7, 11) is 1.65. The third-order valence-corrected chi connectivity index (χ3v) is 4.06. The minimum Gasteiger partial charge on any atom is -0.321 e. The first-order valence-corrected chi connectivity index (χ1v) is 7.88. The summed E-state index contributed by atoms with van der Waals surface area (Å²) in [6.45, 7) is 2.44. The molecular formula is C16H17N5O4. The third kappa shape index (κ3) is 2.84. The molecule has 0 saturated carbocycles. The molecule has 0 aliphatic rings. The average Bonchev–Trinajstić information content (AvgIpc) is 2.92. The predicted octanol–water partition coefficient (Wildman–Crippen LogP) is 1.80. The summed E-state index contributed by atoms with van der Waals surface area (Å²) in [5, 5.41) is 11.0. The van der Waals surface area contributed by atoms with Crippen molar-refractivity contribution in [2.75, 3.05) is 0 Å². The lowest BCUT2D eigenvalue weighted by molar-refractivity contribution is -0.384. The zero-order valence-electron chi connectivity index (χ0n) is 13.9. The fourth-order valence-corrected chi connectivity index (χ4v) is 2.79. The Labute approximate surface area is 141 Å². The summed E-state index contributed by atoms with van der Waals surface area (Å²) in [5.41, 5.74) is -0.0545. The molecule has 25 heavy (non-hydrogen) atoms. The monoisotopic (exact) mass is 343 g/mol. The number of rotatable bonds is 5. The summed E-state index contributed by atoms with van der Waals surface area (Å²) in [4.78, 5) is 41.6. The van der Waals surface area contributed by atoms with Crippen molar-refractivity contribution >= 4 is 16.9 Å². The molecule has 3 rings (SSSR count). The largest absolute Gasteiger partial charge is 0.330 e. The summed E-state index contributed by atoms with van der Waals surface area (Å²) >= 11 is 0. The number of unbranched alkanes of at least 4 members (excludes halogenated alkanes) is 1. The minimum atomic E-state index is -0.528. The van der Waals surface area contributed by atoms with E-state index < -0.39 is 16.2 Å². The average molecular weight is 343 g/mol. The van der Waals surface area contributed by atoms with E-state index in [1.54, 1.807) is 23.7 Å². The van der Waals surface area contributed by atoms with Gasteiger partial charge >= 0.3 is 5.69 Å². The molecule has 3 aromatic rings. The van der Waals surface area contributed by atoms with Gasteiger partial charge in [-0.25, -0.2) is 9.78 Å². The molecule has 0 aliphatic carbocycles. The highest BCUT2D eigenvalue weighted by atomic mass is 16.6. The number of aromatic amines is 1. The van der Waals surface area contributed by atoms with Crippen LogP contribution < -0.4 is 11.2 Å². The summed E-state index contributed by atoms with van der Waals surface area (Å²) in [6, 6.07) is 6.01. The van der Waals surface area contributed by atoms with E-state index in [0.717, 1.165) is 12.8 Å². The van der Waals surface area contributed by atoms with Crippen molar-refractivity contribution in [2.24, 2.45) is 7.05 Å². The van der Waals surface area contributed by atoms with Crippen LogP contribution in [-0.4, -0.2) is 24.0 Å². The van der Waals surface area contributed by atoms with Crippen molar-refractivity contribution in [2.45, 2.75) is 26.3 Å². The van der Waals surface area contributed by atoms with Crippen LogP contribution in [0.2, 0.25) is 0 Å². The number of non-ortho nitro benzene ring substituents is 1. The van der Waals surface area contributed by atoms with E-state index in [2.05, 4.69) is 9.97 Å². The molecule has 2 heterocycles. The van der Waals surface area contributed by atoms with E-state index in [-0.39, 0.29) is 16.9 Å². The van der Waals surface area contributed by atoms with Crippen molar-refractivity contribution < 1.29 is 4.92 Å². The lowest BCUT2D eigenvalue weighted by atomic mass is 10.2. The van der Waals surface area contributed by atoms with E-state index in [1.807, 2.05) is 6.92 Å². The maximum absolute atomic E-state index is 12.2. The first kappa shape index (κ1) is 16.6. The van der Waals surface area contributed by atoms with Crippen LogP contribution >= 0.6 is 0 Å². The van der Waals surface area contributed by atoms with Gasteiger partial charge < -0.3 is 4.57 Å². The molecule has 130 valence electrons. The molecule has 0 radical (unpaired) electrons. The first-order chi connectivity index (χ1) is 11.9. The van der Waals surface area contributed by atoms with Crippen LogP contribution in [0.1, 0.15) is 19.8 Å². The predicted molar refractivity (Wildman–Crippen MR) is 92.6 cm³/mol. The molecule has 0 saturated heterocycles. The van der Waals surface area contributed by atoms with E-state index in [4.69, 9.17) is 0 Å². The maximum Gasteiger partial charge on any atom is 0.330 e. The van der Waals surface area contributed by atoms with Gasteiger partial charge in [0.05, 0.1) is 4.92 Å². The maximum atomic E-state index is 12.2. The van der Waals surface area contributed by atoms with Crippen LogP contribution in [0.4, 0.5) is 5.69 Å². The second-order valence-corrected chi connectivity index (χ2v) is 5.74. The van der Waals surface area contributed by atoms with Crippen molar-refractivity contribution in [3.05, 3.63) is 55.2 Å². The number of hydrogen-bond donors (Lipinski definition) is 1. The minimum absolute atomic E-state index is 0.0677. The molecule has 0 aliphatic heterocycles. The van der Waals surface area contributed by atoms with E-state index >= 15 is 0 Å². The molecule has 0 amide bonds. The van der Waals surface area contributed by atoms with Crippen molar-refractivity contribution in [3.8, 4) is 11.4 Å². The number of imidazole rings is 1. The second kappa shape index (κ2) is 6.34. The molecule has 0 unspecified atom stereocenters. The molecule has 0 atom stereocenters. The number of hydrogen-bond acceptors (Lipinski definition) is 5. The van der Waals surface area contributed by atoms with Crippen molar-refractivity contribution in [1.29, 1.82) is 0 Å². The Morgan fingerprint density at radius 2 is 2.08 bits per heavy atom. The summed E-state index contributed by atoms with van der Waals surface area (Å²) < 4.78 is 2.98. The van der Waals surface area contributed by atoms with Crippen molar-refractivity contribution in [3.63, 3.8) is 0 Å². The molecule has 9 heteroatoms. The van der Waals surface area contributed by atoms with E-state index in [9.17, 15) is 19.7 Å². The van der Waals surface area contributed by atoms with Gasteiger partial charge in [-0.15, -0.1) is 0 Å². The molecular weight excluding hydrogens is 326 g/mol. The fraction of sp³-hybridized carbons (Fsp3) is 0.312. The number of aromatic nitrogens is 4. The number of benzene rings is 1. The van der Waals surface area contributed by atoms with Crippen LogP contribution in [0.5, 0.6) is 0 Å². The number of aryl methyl sites for hydroxylation is 2. The highest BCUT2D eigenvalue weighted by Crippen LogP contribution is 2.24. The van der Waals surface area contributed by atoms with Gasteiger partial charge in [-0.3, -0.25) is 24.5 Å². The van der Waals surface area contributed by atoms with Crippen LogP contribution in [0.25, 0.3) is 22.6 Å². The molecule has 0 spiro atoms. The second-order valence-electron chi connectivity index (χ2n) is 5.74. The van der Waals surface area contributed by atoms with Gasteiger partial charge in [0.15, 0.2) is 11.2 Å².